The van der Waals surface area contributed by atoms with Gasteiger partial charge < -0.3 is 4.90 Å². The lowest BCUT2D eigenvalue weighted by molar-refractivity contribution is -0.133. The predicted molar refractivity (Wildman–Crippen MR) is 114 cm³/mol. The molecule has 1 fully saturated rings. The van der Waals surface area contributed by atoms with Gasteiger partial charge in [-0.2, -0.15) is 5.10 Å². The van der Waals surface area contributed by atoms with Gasteiger partial charge in [-0.05, 0) is 70.1 Å². The summed E-state index contributed by atoms with van der Waals surface area (Å²) in [4.78, 5) is 16.3. The number of hydrogen-bond acceptors (Lipinski definition) is 5. The van der Waals surface area contributed by atoms with Crippen molar-refractivity contribution in [2.75, 3.05) is 38.2 Å². The summed E-state index contributed by atoms with van der Waals surface area (Å²) >= 11 is 0. The molecule has 30 heavy (non-hydrogen) atoms. The van der Waals surface area contributed by atoms with E-state index in [0.717, 1.165) is 36.3 Å². The fourth-order valence-corrected chi connectivity index (χ4v) is 5.59. The van der Waals surface area contributed by atoms with E-state index in [-0.39, 0.29) is 35.8 Å². The number of amides is 1. The van der Waals surface area contributed by atoms with Gasteiger partial charge in [0, 0.05) is 23.8 Å². The van der Waals surface area contributed by atoms with Crippen LogP contribution in [0.2, 0.25) is 0 Å². The number of carbonyl (C=O) groups is 1. The molecule has 1 amide bonds. The van der Waals surface area contributed by atoms with Crippen molar-refractivity contribution in [2.24, 2.45) is 0 Å². The first-order valence-corrected chi connectivity index (χ1v) is 12.1. The molecule has 1 atom stereocenters. The molecule has 1 unspecified atom stereocenters. The number of sulfone groups is 1. The highest BCUT2D eigenvalue weighted by Crippen LogP contribution is 2.19. The molecule has 0 aliphatic carbocycles. The van der Waals surface area contributed by atoms with E-state index >= 15 is 0 Å². The zero-order chi connectivity index (χ0) is 21.7. The normalized spacial score (nSPS) is 18.1. The largest absolute Gasteiger partial charge is 0.338 e. The van der Waals surface area contributed by atoms with Crippen molar-refractivity contribution in [1.29, 1.82) is 0 Å². The molecular formula is C21H29FN4O3S. The molecular weight excluding hydrogens is 407 g/mol. The van der Waals surface area contributed by atoms with Crippen molar-refractivity contribution in [2.45, 2.75) is 32.2 Å². The van der Waals surface area contributed by atoms with Gasteiger partial charge in [-0.15, -0.1) is 0 Å². The number of aromatic amines is 1. The van der Waals surface area contributed by atoms with Crippen LogP contribution >= 0.6 is 0 Å². The molecule has 0 spiro atoms. The quantitative estimate of drug-likeness (QED) is 0.651. The van der Waals surface area contributed by atoms with Gasteiger partial charge in [0.05, 0.1) is 23.7 Å². The second kappa shape index (κ2) is 9.70. The van der Waals surface area contributed by atoms with Crippen LogP contribution in [0.3, 0.4) is 0 Å². The van der Waals surface area contributed by atoms with Gasteiger partial charge in [-0.25, -0.2) is 12.8 Å². The summed E-state index contributed by atoms with van der Waals surface area (Å²) in [5, 5.41) is 7.29. The van der Waals surface area contributed by atoms with E-state index in [1.54, 1.807) is 17.0 Å². The summed E-state index contributed by atoms with van der Waals surface area (Å²) in [5.41, 5.74) is 2.62. The van der Waals surface area contributed by atoms with Crippen LogP contribution in [0.5, 0.6) is 0 Å². The number of benzene rings is 1. The van der Waals surface area contributed by atoms with E-state index in [1.165, 1.54) is 12.1 Å². The lowest BCUT2D eigenvalue weighted by Gasteiger charge is -2.29. The number of likely N-dealkylation sites (N-methyl/N-ethyl adjacent to an activating group) is 2. The first kappa shape index (κ1) is 22.4. The Morgan fingerprint density at radius 2 is 2.03 bits per heavy atom. The van der Waals surface area contributed by atoms with E-state index in [2.05, 4.69) is 10.2 Å². The molecule has 1 saturated heterocycles. The fraction of sp³-hybridized carbons (Fsp3) is 0.524. The highest BCUT2D eigenvalue weighted by atomic mass is 32.2. The van der Waals surface area contributed by atoms with Crippen LogP contribution in [0.25, 0.3) is 11.3 Å². The molecule has 0 saturated carbocycles. The fourth-order valence-electron chi connectivity index (χ4n) is 3.86. The first-order chi connectivity index (χ1) is 14.3. The van der Waals surface area contributed by atoms with Crippen LogP contribution in [-0.2, 0) is 21.1 Å². The predicted octanol–water partition coefficient (Wildman–Crippen LogP) is 2.12. The van der Waals surface area contributed by atoms with E-state index in [0.29, 0.717) is 13.0 Å². The summed E-state index contributed by atoms with van der Waals surface area (Å²) in [7, 11) is -1.12. The summed E-state index contributed by atoms with van der Waals surface area (Å²) in [5.74, 6) is -0.0565. The number of hydrogen-bond donors (Lipinski definition) is 1. The molecule has 1 aliphatic heterocycles. The maximum absolute atomic E-state index is 13.0. The van der Waals surface area contributed by atoms with Crippen LogP contribution in [0, 0.1) is 5.82 Å². The van der Waals surface area contributed by atoms with Crippen LogP contribution in [0.15, 0.2) is 30.3 Å². The van der Waals surface area contributed by atoms with Crippen LogP contribution in [-0.4, -0.2) is 78.6 Å². The number of rotatable bonds is 9. The van der Waals surface area contributed by atoms with Crippen molar-refractivity contribution in [1.82, 2.24) is 20.0 Å². The van der Waals surface area contributed by atoms with Crippen molar-refractivity contribution in [3.63, 3.8) is 0 Å². The van der Waals surface area contributed by atoms with Gasteiger partial charge in [-0.3, -0.25) is 14.8 Å². The number of H-pyrrole nitrogens is 1. The van der Waals surface area contributed by atoms with E-state index in [9.17, 15) is 17.6 Å². The van der Waals surface area contributed by atoms with Crippen molar-refractivity contribution in [3.8, 4) is 11.3 Å². The van der Waals surface area contributed by atoms with Gasteiger partial charge in [0.15, 0.2) is 9.84 Å². The molecule has 1 aliphatic rings. The maximum atomic E-state index is 13.0. The van der Waals surface area contributed by atoms with Crippen LogP contribution < -0.4 is 0 Å². The molecule has 2 heterocycles. The third-order valence-electron chi connectivity index (χ3n) is 5.47. The summed E-state index contributed by atoms with van der Waals surface area (Å²) < 4.78 is 36.5. The van der Waals surface area contributed by atoms with Gasteiger partial charge in [-0.1, -0.05) is 0 Å². The van der Waals surface area contributed by atoms with Gasteiger partial charge in [0.1, 0.15) is 5.82 Å². The second-order valence-corrected chi connectivity index (χ2v) is 10.1. The zero-order valence-corrected chi connectivity index (χ0v) is 18.3. The molecule has 0 bridgehead atoms. The average molecular weight is 437 g/mol. The SMILES string of the molecule is CCN(C(=O)CN(C)CCCc1cc(-c2ccc(F)cc2)n[nH]1)C1CCS(=O)(=O)C1. The lowest BCUT2D eigenvalue weighted by Crippen LogP contribution is -2.45. The molecule has 3 rings (SSSR count). The summed E-state index contributed by atoms with van der Waals surface area (Å²) in [6.45, 7) is 3.41. The first-order valence-electron chi connectivity index (χ1n) is 10.3. The molecule has 1 aromatic carbocycles. The minimum Gasteiger partial charge on any atom is -0.338 e. The molecule has 1 N–H and O–H groups in total. The summed E-state index contributed by atoms with van der Waals surface area (Å²) in [6, 6.07) is 7.98. The van der Waals surface area contributed by atoms with Crippen LogP contribution in [0.1, 0.15) is 25.5 Å². The monoisotopic (exact) mass is 436 g/mol. The van der Waals surface area contributed by atoms with Gasteiger partial charge in [0.2, 0.25) is 5.91 Å². The van der Waals surface area contributed by atoms with E-state index in [4.69, 9.17) is 0 Å². The molecule has 7 nitrogen and oxygen atoms in total. The zero-order valence-electron chi connectivity index (χ0n) is 17.5. The lowest BCUT2D eigenvalue weighted by atomic mass is 10.1. The Balaban J connectivity index is 1.45. The van der Waals surface area contributed by atoms with E-state index in [1.807, 2.05) is 24.9 Å². The highest BCUT2D eigenvalue weighted by molar-refractivity contribution is 7.91. The number of nitrogens with zero attached hydrogens (tertiary/aromatic N) is 3. The smallest absolute Gasteiger partial charge is 0.237 e. The Kier molecular flexibility index (Phi) is 7.25. The minimum absolute atomic E-state index is 0.0257. The maximum Gasteiger partial charge on any atom is 0.237 e. The molecule has 164 valence electrons. The van der Waals surface area contributed by atoms with E-state index < -0.39 is 9.84 Å². The Morgan fingerprint density at radius 1 is 1.30 bits per heavy atom. The van der Waals surface area contributed by atoms with Crippen LogP contribution in [0.4, 0.5) is 4.39 Å². The van der Waals surface area contributed by atoms with Crippen molar-refractivity contribution in [3.05, 3.63) is 41.8 Å². The van der Waals surface area contributed by atoms with Gasteiger partial charge in [0.25, 0.3) is 0 Å². The molecule has 1 aromatic heterocycles. The Labute approximate surface area is 177 Å². The second-order valence-electron chi connectivity index (χ2n) is 7.86. The third-order valence-corrected chi connectivity index (χ3v) is 7.22. The highest BCUT2D eigenvalue weighted by Gasteiger charge is 2.33. The number of nitrogens with one attached hydrogen (secondary N) is 1. The standard InChI is InChI=1S/C21H29FN4O3S/c1-3-26(19-10-12-30(28,29)15-19)21(27)14-25(2)11-4-5-18-13-20(24-23-18)16-6-8-17(22)9-7-16/h6-9,13,19H,3-5,10-12,14-15H2,1-2H3,(H,23,24). The number of halogens is 1. The molecule has 0 radical (unpaired) electrons. The minimum atomic E-state index is -3.01. The summed E-state index contributed by atoms with van der Waals surface area (Å²) in [6.07, 6.45) is 2.16. The average Bonchev–Trinajstić information content (AvgIpc) is 3.29. The van der Waals surface area contributed by atoms with Gasteiger partial charge >= 0.3 is 0 Å². The number of aryl methyl sites for hydroxylation is 1. The molecule has 2 aromatic rings. The molecule has 9 heteroatoms. The number of aromatic nitrogens is 2. The van der Waals surface area contributed by atoms with Crippen molar-refractivity contribution < 1.29 is 17.6 Å². The van der Waals surface area contributed by atoms with Crippen molar-refractivity contribution >= 4 is 15.7 Å². The number of carbonyl (C=O) groups excluding carboxylic acids is 1. The Hall–Kier alpha value is -2.26. The topological polar surface area (TPSA) is 86.4 Å². The Morgan fingerprint density at radius 3 is 2.67 bits per heavy atom. The third kappa shape index (κ3) is 5.89. The Bertz CT molecular complexity index is 959.